The molecule has 1 aromatic heterocycles. The van der Waals surface area contributed by atoms with E-state index in [-0.39, 0.29) is 23.7 Å². The van der Waals surface area contributed by atoms with Gasteiger partial charge in [-0.05, 0) is 12.8 Å². The number of nitrogens with zero attached hydrogens (tertiary/aromatic N) is 4. The van der Waals surface area contributed by atoms with E-state index in [2.05, 4.69) is 10.3 Å². The smallest absolute Gasteiger partial charge is 0.358 e. The van der Waals surface area contributed by atoms with Crippen LogP contribution in [-0.4, -0.2) is 62.2 Å². The van der Waals surface area contributed by atoms with Crippen LogP contribution in [0.1, 0.15) is 42.6 Å². The Kier molecular flexibility index (Phi) is 4.10. The lowest BCUT2D eigenvalue weighted by atomic mass is 9.83. The van der Waals surface area contributed by atoms with Gasteiger partial charge in [0, 0.05) is 13.1 Å². The molecule has 22 heavy (non-hydrogen) atoms. The number of aromatic carboxylic acids is 1. The normalized spacial score (nSPS) is 21.0. The van der Waals surface area contributed by atoms with Crippen LogP contribution in [0.15, 0.2) is 6.20 Å². The summed E-state index contributed by atoms with van der Waals surface area (Å²) in [5, 5.41) is 16.0. The fourth-order valence-corrected chi connectivity index (χ4v) is 3.27. The van der Waals surface area contributed by atoms with Gasteiger partial charge in [0.25, 0.3) is 0 Å². The summed E-state index contributed by atoms with van der Waals surface area (Å²) in [6.45, 7) is 1.76. The van der Waals surface area contributed by atoms with Crippen molar-refractivity contribution >= 4 is 11.9 Å². The molecule has 1 aromatic rings. The van der Waals surface area contributed by atoms with Crippen molar-refractivity contribution in [1.82, 2.24) is 19.9 Å². The maximum Gasteiger partial charge on any atom is 0.358 e. The van der Waals surface area contributed by atoms with Crippen LogP contribution in [0.4, 0.5) is 0 Å². The summed E-state index contributed by atoms with van der Waals surface area (Å²) in [6, 6.07) is 0. The molecule has 120 valence electrons. The number of amides is 1. The number of aromatic nitrogens is 3. The van der Waals surface area contributed by atoms with E-state index in [0.717, 1.165) is 25.7 Å². The van der Waals surface area contributed by atoms with Crippen molar-refractivity contribution in [2.24, 2.45) is 0 Å². The van der Waals surface area contributed by atoms with Gasteiger partial charge in [0.05, 0.1) is 18.4 Å². The largest absolute Gasteiger partial charge is 0.476 e. The van der Waals surface area contributed by atoms with Gasteiger partial charge in [-0.25, -0.2) is 9.48 Å². The van der Waals surface area contributed by atoms with Gasteiger partial charge < -0.3 is 14.7 Å². The minimum atomic E-state index is -1.15. The van der Waals surface area contributed by atoms with Crippen LogP contribution < -0.4 is 0 Å². The molecule has 1 aliphatic heterocycles. The highest BCUT2D eigenvalue weighted by atomic mass is 16.5. The van der Waals surface area contributed by atoms with Gasteiger partial charge in [-0.1, -0.05) is 24.5 Å². The minimum absolute atomic E-state index is 0.0103. The van der Waals surface area contributed by atoms with Gasteiger partial charge in [0.1, 0.15) is 6.54 Å². The van der Waals surface area contributed by atoms with E-state index in [1.54, 1.807) is 4.90 Å². The Morgan fingerprint density at radius 3 is 2.77 bits per heavy atom. The number of hydrogen-bond donors (Lipinski definition) is 1. The van der Waals surface area contributed by atoms with Crippen LogP contribution in [0.2, 0.25) is 0 Å². The van der Waals surface area contributed by atoms with Crippen LogP contribution in [0.5, 0.6) is 0 Å². The number of carboxylic acid groups (broad SMARTS) is 1. The first-order chi connectivity index (χ1) is 10.6. The molecule has 1 amide bonds. The van der Waals surface area contributed by atoms with Gasteiger partial charge in [0.15, 0.2) is 5.69 Å². The van der Waals surface area contributed by atoms with Crippen molar-refractivity contribution in [2.45, 2.75) is 44.2 Å². The molecule has 2 heterocycles. The molecule has 1 saturated heterocycles. The van der Waals surface area contributed by atoms with Crippen LogP contribution in [0, 0.1) is 0 Å². The molecule has 2 fully saturated rings. The Morgan fingerprint density at radius 1 is 1.32 bits per heavy atom. The van der Waals surface area contributed by atoms with Crippen molar-refractivity contribution in [3.8, 4) is 0 Å². The molecule has 0 aromatic carbocycles. The number of carboxylic acids is 1. The average Bonchev–Trinajstić information content (AvgIpc) is 2.97. The second-order valence-electron chi connectivity index (χ2n) is 6.01. The highest BCUT2D eigenvalue weighted by Crippen LogP contribution is 2.34. The molecule has 0 bridgehead atoms. The fraction of sp³-hybridized carbons (Fsp3) is 0.714. The van der Waals surface area contributed by atoms with Gasteiger partial charge in [-0.2, -0.15) is 0 Å². The number of rotatable bonds is 3. The first-order valence-electron chi connectivity index (χ1n) is 7.63. The highest BCUT2D eigenvalue weighted by Gasteiger charge is 2.39. The first kappa shape index (κ1) is 15.0. The number of hydrogen-bond acceptors (Lipinski definition) is 5. The summed E-state index contributed by atoms with van der Waals surface area (Å²) in [6.07, 6.45) is 6.81. The molecule has 2 aliphatic rings. The Morgan fingerprint density at radius 2 is 2.09 bits per heavy atom. The molecule has 1 saturated carbocycles. The molecule has 1 N–H and O–H groups in total. The fourth-order valence-electron chi connectivity index (χ4n) is 3.27. The summed E-state index contributed by atoms with van der Waals surface area (Å²) in [5.74, 6) is -1.22. The standard InChI is InChI=1S/C14H20N4O4/c19-12(9-18-8-11(13(20)21)15-16-18)17-6-7-22-14(10-17)4-2-1-3-5-14/h8H,1-7,9-10H2,(H,20,21). The lowest BCUT2D eigenvalue weighted by molar-refractivity contribution is -0.157. The van der Waals surface area contributed by atoms with E-state index in [1.165, 1.54) is 17.3 Å². The average molecular weight is 308 g/mol. The third-order valence-corrected chi connectivity index (χ3v) is 4.42. The van der Waals surface area contributed by atoms with Crippen LogP contribution >= 0.6 is 0 Å². The Bertz CT molecular complexity index is 559. The Balaban J connectivity index is 1.62. The predicted octanol–water partition coefficient (Wildman–Crippen LogP) is 0.538. The molecule has 0 radical (unpaired) electrons. The topological polar surface area (TPSA) is 97.5 Å². The Hall–Kier alpha value is -1.96. The lowest BCUT2D eigenvalue weighted by Gasteiger charge is -2.45. The number of ether oxygens (including phenoxy) is 1. The van der Waals surface area contributed by atoms with E-state index in [0.29, 0.717) is 19.7 Å². The molecule has 0 unspecified atom stereocenters. The molecule has 8 nitrogen and oxygen atoms in total. The number of morpholine rings is 1. The van der Waals surface area contributed by atoms with Gasteiger partial charge in [-0.15, -0.1) is 5.10 Å². The van der Waals surface area contributed by atoms with E-state index < -0.39 is 5.97 Å². The third-order valence-electron chi connectivity index (χ3n) is 4.42. The zero-order valence-electron chi connectivity index (χ0n) is 12.4. The van der Waals surface area contributed by atoms with Crippen molar-refractivity contribution in [2.75, 3.05) is 19.7 Å². The van der Waals surface area contributed by atoms with Crippen molar-refractivity contribution in [1.29, 1.82) is 0 Å². The van der Waals surface area contributed by atoms with E-state index in [4.69, 9.17) is 9.84 Å². The first-order valence-corrected chi connectivity index (χ1v) is 7.63. The molecular formula is C14H20N4O4. The second-order valence-corrected chi connectivity index (χ2v) is 6.01. The predicted molar refractivity (Wildman–Crippen MR) is 75.3 cm³/mol. The van der Waals surface area contributed by atoms with Crippen molar-refractivity contribution < 1.29 is 19.4 Å². The summed E-state index contributed by atoms with van der Waals surface area (Å²) in [7, 11) is 0. The van der Waals surface area contributed by atoms with E-state index in [9.17, 15) is 9.59 Å². The molecule has 0 atom stereocenters. The summed E-state index contributed by atoms with van der Waals surface area (Å²) < 4.78 is 7.24. The molecule has 1 spiro atoms. The quantitative estimate of drug-likeness (QED) is 0.875. The zero-order valence-corrected chi connectivity index (χ0v) is 12.4. The SMILES string of the molecule is O=C(O)c1cn(CC(=O)N2CCOC3(CCCCC3)C2)nn1. The van der Waals surface area contributed by atoms with Crippen molar-refractivity contribution in [3.63, 3.8) is 0 Å². The van der Waals surface area contributed by atoms with Gasteiger partial charge >= 0.3 is 5.97 Å². The van der Waals surface area contributed by atoms with Crippen LogP contribution in [0.3, 0.4) is 0 Å². The van der Waals surface area contributed by atoms with Crippen LogP contribution in [-0.2, 0) is 16.1 Å². The number of carbonyl (C=O) groups excluding carboxylic acids is 1. The zero-order chi connectivity index (χ0) is 15.6. The highest BCUT2D eigenvalue weighted by molar-refractivity contribution is 5.84. The summed E-state index contributed by atoms with van der Waals surface area (Å²) >= 11 is 0. The maximum absolute atomic E-state index is 12.4. The van der Waals surface area contributed by atoms with E-state index in [1.807, 2.05) is 0 Å². The minimum Gasteiger partial charge on any atom is -0.476 e. The van der Waals surface area contributed by atoms with Gasteiger partial charge in [0.2, 0.25) is 5.91 Å². The molecule has 8 heteroatoms. The third kappa shape index (κ3) is 3.11. The number of carbonyl (C=O) groups is 2. The Labute approximate surface area is 128 Å². The molecule has 3 rings (SSSR count). The maximum atomic E-state index is 12.4. The second kappa shape index (κ2) is 6.04. The van der Waals surface area contributed by atoms with Crippen molar-refractivity contribution in [3.05, 3.63) is 11.9 Å². The molecular weight excluding hydrogens is 288 g/mol. The molecule has 1 aliphatic carbocycles. The summed E-state index contributed by atoms with van der Waals surface area (Å²) in [5.41, 5.74) is -0.334. The van der Waals surface area contributed by atoms with Crippen LogP contribution in [0.25, 0.3) is 0 Å². The monoisotopic (exact) mass is 308 g/mol. The summed E-state index contributed by atoms with van der Waals surface area (Å²) in [4.78, 5) is 25.0. The van der Waals surface area contributed by atoms with E-state index >= 15 is 0 Å². The van der Waals surface area contributed by atoms with Gasteiger partial charge in [-0.3, -0.25) is 4.79 Å². The lowest BCUT2D eigenvalue weighted by Crippen LogP contribution is -2.55.